The normalized spacial score (nSPS) is 14.0. The number of rotatable bonds is 6. The van der Waals surface area contributed by atoms with Crippen LogP contribution in [0.5, 0.6) is 0 Å². The summed E-state index contributed by atoms with van der Waals surface area (Å²) in [5.74, 6) is 0.159. The first-order valence-corrected chi connectivity index (χ1v) is 5.91. The Bertz CT molecular complexity index is 226. The van der Waals surface area contributed by atoms with Crippen molar-refractivity contribution in [3.05, 3.63) is 0 Å². The van der Waals surface area contributed by atoms with Gasteiger partial charge in [-0.15, -0.1) is 0 Å². The number of hydrogen-bond donors (Lipinski definition) is 1. The zero-order valence-electron chi connectivity index (χ0n) is 11.8. The summed E-state index contributed by atoms with van der Waals surface area (Å²) in [4.78, 5) is 16.3. The molecule has 0 spiro atoms. The highest BCUT2D eigenvalue weighted by Gasteiger charge is 2.31. The topological polar surface area (TPSA) is 35.6 Å². The molecule has 0 saturated heterocycles. The molecule has 0 rings (SSSR count). The van der Waals surface area contributed by atoms with E-state index in [1.54, 1.807) is 0 Å². The molecule has 0 aromatic carbocycles. The molecule has 0 fully saturated rings. The van der Waals surface area contributed by atoms with Crippen molar-refractivity contribution < 1.29 is 4.79 Å². The van der Waals surface area contributed by atoms with Crippen LogP contribution in [0.25, 0.3) is 0 Å². The van der Waals surface area contributed by atoms with E-state index in [0.29, 0.717) is 0 Å². The highest BCUT2D eigenvalue weighted by Crippen LogP contribution is 2.11. The Hall–Kier alpha value is -0.610. The third-order valence-electron chi connectivity index (χ3n) is 2.92. The molecule has 4 heteroatoms. The average molecular weight is 229 g/mol. The Labute approximate surface area is 100.0 Å². The molecule has 0 radical (unpaired) electrons. The SMILES string of the molecule is CCN(C(=O)C(C)(C)NC)C(C)CN(C)C. The summed E-state index contributed by atoms with van der Waals surface area (Å²) in [6, 6.07) is 0.236. The molecule has 0 bridgehead atoms. The molecule has 4 nitrogen and oxygen atoms in total. The van der Waals surface area contributed by atoms with Crippen LogP contribution in [0.4, 0.5) is 0 Å². The number of hydrogen-bond acceptors (Lipinski definition) is 3. The van der Waals surface area contributed by atoms with Gasteiger partial charge in [-0.2, -0.15) is 0 Å². The molecule has 1 amide bonds. The second-order valence-electron chi connectivity index (χ2n) is 5.08. The van der Waals surface area contributed by atoms with Crippen LogP contribution in [-0.2, 0) is 4.79 Å². The summed E-state index contributed by atoms with van der Waals surface area (Å²) in [6.07, 6.45) is 0. The molecule has 1 atom stereocenters. The Kier molecular flexibility index (Phi) is 5.97. The first-order valence-electron chi connectivity index (χ1n) is 5.91. The van der Waals surface area contributed by atoms with Crippen molar-refractivity contribution in [1.82, 2.24) is 15.1 Å². The lowest BCUT2D eigenvalue weighted by molar-refractivity contribution is -0.139. The molecule has 0 aliphatic carbocycles. The summed E-state index contributed by atoms with van der Waals surface area (Å²) >= 11 is 0. The second-order valence-corrected chi connectivity index (χ2v) is 5.08. The van der Waals surface area contributed by atoms with Crippen molar-refractivity contribution in [1.29, 1.82) is 0 Å². The number of nitrogens with one attached hydrogen (secondary N) is 1. The van der Waals surface area contributed by atoms with Gasteiger partial charge in [-0.25, -0.2) is 0 Å². The van der Waals surface area contributed by atoms with Crippen molar-refractivity contribution >= 4 is 5.91 Å². The van der Waals surface area contributed by atoms with E-state index in [-0.39, 0.29) is 11.9 Å². The maximum Gasteiger partial charge on any atom is 0.242 e. The fourth-order valence-corrected chi connectivity index (χ4v) is 1.75. The van der Waals surface area contributed by atoms with Gasteiger partial charge < -0.3 is 15.1 Å². The first-order chi connectivity index (χ1) is 7.26. The van der Waals surface area contributed by atoms with Gasteiger partial charge in [0.1, 0.15) is 0 Å². The van der Waals surface area contributed by atoms with Gasteiger partial charge >= 0.3 is 0 Å². The van der Waals surface area contributed by atoms with Crippen LogP contribution in [0.15, 0.2) is 0 Å². The van der Waals surface area contributed by atoms with E-state index in [2.05, 4.69) is 17.1 Å². The van der Waals surface area contributed by atoms with Crippen LogP contribution in [-0.4, -0.2) is 61.5 Å². The molecule has 0 aliphatic rings. The van der Waals surface area contributed by atoms with Gasteiger partial charge in [0.25, 0.3) is 0 Å². The Balaban J connectivity index is 4.66. The quantitative estimate of drug-likeness (QED) is 0.731. The van der Waals surface area contributed by atoms with E-state index in [0.717, 1.165) is 13.1 Å². The van der Waals surface area contributed by atoms with E-state index in [1.807, 2.05) is 46.8 Å². The van der Waals surface area contributed by atoms with Gasteiger partial charge in [0.05, 0.1) is 5.54 Å². The summed E-state index contributed by atoms with van der Waals surface area (Å²) in [6.45, 7) is 9.59. The number of carbonyl (C=O) groups is 1. The summed E-state index contributed by atoms with van der Waals surface area (Å²) in [7, 11) is 5.87. The van der Waals surface area contributed by atoms with Gasteiger partial charge in [0.2, 0.25) is 5.91 Å². The molecule has 0 heterocycles. The molecule has 0 aliphatic heterocycles. The number of carbonyl (C=O) groups excluding carboxylic acids is 1. The zero-order valence-corrected chi connectivity index (χ0v) is 11.8. The van der Waals surface area contributed by atoms with E-state index in [4.69, 9.17) is 0 Å². The molecule has 1 unspecified atom stereocenters. The standard InChI is InChI=1S/C12H27N3O/c1-8-15(10(2)9-14(6)7)11(16)12(3,4)13-5/h10,13H,8-9H2,1-7H3. The van der Waals surface area contributed by atoms with Crippen LogP contribution < -0.4 is 5.32 Å². The molecular weight excluding hydrogens is 202 g/mol. The third-order valence-corrected chi connectivity index (χ3v) is 2.92. The van der Waals surface area contributed by atoms with Gasteiger partial charge in [-0.3, -0.25) is 4.79 Å². The maximum absolute atomic E-state index is 12.3. The summed E-state index contributed by atoms with van der Waals surface area (Å²) in [5.41, 5.74) is -0.490. The van der Waals surface area contributed by atoms with E-state index in [1.165, 1.54) is 0 Å². The number of nitrogens with zero attached hydrogens (tertiary/aromatic N) is 2. The molecule has 0 aromatic heterocycles. The highest BCUT2D eigenvalue weighted by atomic mass is 16.2. The average Bonchev–Trinajstić information content (AvgIpc) is 2.17. The van der Waals surface area contributed by atoms with Crippen molar-refractivity contribution in [2.24, 2.45) is 0 Å². The Morgan fingerprint density at radius 2 is 1.88 bits per heavy atom. The lowest BCUT2D eigenvalue weighted by atomic mass is 10.0. The fourth-order valence-electron chi connectivity index (χ4n) is 1.75. The molecule has 0 aromatic rings. The predicted molar refractivity (Wildman–Crippen MR) is 68.5 cm³/mol. The van der Waals surface area contributed by atoms with E-state index >= 15 is 0 Å². The van der Waals surface area contributed by atoms with Crippen LogP contribution >= 0.6 is 0 Å². The van der Waals surface area contributed by atoms with Gasteiger partial charge in [0.15, 0.2) is 0 Å². The first kappa shape index (κ1) is 15.4. The summed E-state index contributed by atoms with van der Waals surface area (Å²) in [5, 5.41) is 3.06. The Morgan fingerprint density at radius 1 is 1.38 bits per heavy atom. The lowest BCUT2D eigenvalue weighted by Crippen LogP contribution is -2.56. The van der Waals surface area contributed by atoms with Crippen molar-refractivity contribution in [3.8, 4) is 0 Å². The van der Waals surface area contributed by atoms with E-state index in [9.17, 15) is 4.79 Å². The molecular formula is C12H27N3O. The molecule has 1 N–H and O–H groups in total. The monoisotopic (exact) mass is 229 g/mol. The molecule has 0 saturated carbocycles. The van der Waals surface area contributed by atoms with Crippen LogP contribution in [0.2, 0.25) is 0 Å². The highest BCUT2D eigenvalue weighted by molar-refractivity contribution is 5.85. The van der Waals surface area contributed by atoms with Gasteiger partial charge in [-0.05, 0) is 48.8 Å². The minimum absolute atomic E-state index is 0.159. The van der Waals surface area contributed by atoms with Crippen molar-refractivity contribution in [2.75, 3.05) is 34.2 Å². The minimum atomic E-state index is -0.490. The summed E-state index contributed by atoms with van der Waals surface area (Å²) < 4.78 is 0. The largest absolute Gasteiger partial charge is 0.337 e. The predicted octanol–water partition coefficient (Wildman–Crippen LogP) is 0.783. The fraction of sp³-hybridized carbons (Fsp3) is 0.917. The smallest absolute Gasteiger partial charge is 0.242 e. The van der Waals surface area contributed by atoms with Crippen molar-refractivity contribution in [3.63, 3.8) is 0 Å². The van der Waals surface area contributed by atoms with Crippen molar-refractivity contribution in [2.45, 2.75) is 39.3 Å². The molecule has 16 heavy (non-hydrogen) atoms. The van der Waals surface area contributed by atoms with Crippen LogP contribution in [0.3, 0.4) is 0 Å². The molecule has 96 valence electrons. The zero-order chi connectivity index (χ0) is 12.9. The third kappa shape index (κ3) is 4.10. The van der Waals surface area contributed by atoms with Gasteiger partial charge in [-0.1, -0.05) is 0 Å². The van der Waals surface area contributed by atoms with Crippen LogP contribution in [0.1, 0.15) is 27.7 Å². The minimum Gasteiger partial charge on any atom is -0.337 e. The lowest BCUT2D eigenvalue weighted by Gasteiger charge is -2.36. The van der Waals surface area contributed by atoms with Crippen LogP contribution in [0, 0.1) is 0 Å². The maximum atomic E-state index is 12.3. The number of likely N-dealkylation sites (N-methyl/N-ethyl adjacent to an activating group) is 3. The Morgan fingerprint density at radius 3 is 2.19 bits per heavy atom. The van der Waals surface area contributed by atoms with Gasteiger partial charge in [0, 0.05) is 19.1 Å². The number of amides is 1. The van der Waals surface area contributed by atoms with E-state index < -0.39 is 5.54 Å². The second kappa shape index (κ2) is 6.21.